The minimum Gasteiger partial charge on any atom is -0.435 e. The topological polar surface area (TPSA) is 26.3 Å². The third-order valence-corrected chi connectivity index (χ3v) is 1.14. The van der Waals surface area contributed by atoms with E-state index < -0.39 is 0 Å². The first-order valence-electron chi connectivity index (χ1n) is 2.50. The van der Waals surface area contributed by atoms with Crippen molar-refractivity contribution in [2.45, 2.75) is 12.5 Å². The van der Waals surface area contributed by atoms with E-state index in [2.05, 4.69) is 11.3 Å². The van der Waals surface area contributed by atoms with E-state index in [1.54, 1.807) is 0 Å². The largest absolute Gasteiger partial charge is 0.435 e. The van der Waals surface area contributed by atoms with Gasteiger partial charge in [0.15, 0.2) is 0 Å². The zero-order valence-corrected chi connectivity index (χ0v) is 7.18. The second-order valence-electron chi connectivity index (χ2n) is 1.76. The van der Waals surface area contributed by atoms with E-state index in [9.17, 15) is 4.79 Å². The van der Waals surface area contributed by atoms with Gasteiger partial charge in [-0.25, -0.2) is 0 Å². The average Bonchev–Trinajstić information content (AvgIpc) is 1.67. The average molecular weight is 130 g/mol. The Bertz CT molecular complexity index is 98.6. The van der Waals surface area contributed by atoms with Crippen LogP contribution >= 0.6 is 0 Å². The monoisotopic (exact) mass is 130 g/mol. The highest BCUT2D eigenvalue weighted by atomic mass is 28.1. The molecule has 0 spiro atoms. The van der Waals surface area contributed by atoms with Crippen LogP contribution in [0.1, 0.15) is 6.92 Å². The molecule has 3 heteroatoms. The minimum absolute atomic E-state index is 0.0769. The van der Waals surface area contributed by atoms with Crippen molar-refractivity contribution in [2.24, 2.45) is 0 Å². The van der Waals surface area contributed by atoms with Crippen molar-refractivity contribution in [2.75, 3.05) is 0 Å². The van der Waals surface area contributed by atoms with E-state index in [0.717, 1.165) is 16.5 Å². The summed E-state index contributed by atoms with van der Waals surface area (Å²) in [6.45, 7) is 5.09. The molecular weight excluding hydrogens is 120 g/mol. The van der Waals surface area contributed by atoms with Gasteiger partial charge in [-0.2, -0.15) is 0 Å². The van der Waals surface area contributed by atoms with Crippen LogP contribution in [-0.4, -0.2) is 16.2 Å². The molecule has 0 bridgehead atoms. The fraction of sp³-hybridized carbons (Fsp3) is 0.400. The molecule has 0 fully saturated rings. The van der Waals surface area contributed by atoms with Crippen LogP contribution in [0.4, 0.5) is 0 Å². The van der Waals surface area contributed by atoms with Gasteiger partial charge in [-0.15, -0.1) is 0 Å². The van der Waals surface area contributed by atoms with Crippen LogP contribution in [0.5, 0.6) is 0 Å². The molecule has 46 valence electrons. The Morgan fingerprint density at radius 1 is 2.00 bits per heavy atom. The molecule has 0 aromatic carbocycles. The molecule has 1 unspecified atom stereocenters. The van der Waals surface area contributed by atoms with Crippen LogP contribution in [0.25, 0.3) is 0 Å². The Hall–Kier alpha value is -0.573. The van der Waals surface area contributed by atoms with Crippen LogP contribution in [0.2, 0.25) is 5.54 Å². The standard InChI is InChI=1S/C5H10O2Si/c1-3-7-5(6)4(2)8/h3-4H,1H2,2,8H3. The Labute approximate surface area is 52.0 Å². The normalized spacial score (nSPS) is 12.6. The zero-order chi connectivity index (χ0) is 6.57. The Morgan fingerprint density at radius 3 is 2.62 bits per heavy atom. The van der Waals surface area contributed by atoms with Gasteiger partial charge in [0.1, 0.15) is 0 Å². The molecule has 1 atom stereocenters. The van der Waals surface area contributed by atoms with Gasteiger partial charge >= 0.3 is 5.97 Å². The molecule has 8 heavy (non-hydrogen) atoms. The van der Waals surface area contributed by atoms with Gasteiger partial charge in [-0.05, 0) is 0 Å². The number of hydrogen-bond acceptors (Lipinski definition) is 2. The van der Waals surface area contributed by atoms with Gasteiger partial charge in [0.25, 0.3) is 0 Å². The molecule has 2 nitrogen and oxygen atoms in total. The zero-order valence-electron chi connectivity index (χ0n) is 5.18. The number of rotatable bonds is 2. The van der Waals surface area contributed by atoms with Crippen molar-refractivity contribution in [1.29, 1.82) is 0 Å². The van der Waals surface area contributed by atoms with E-state index >= 15 is 0 Å². The van der Waals surface area contributed by atoms with Crippen molar-refractivity contribution < 1.29 is 9.53 Å². The molecule has 0 radical (unpaired) electrons. The highest BCUT2D eigenvalue weighted by Gasteiger charge is 2.04. The number of hydrogen-bond donors (Lipinski definition) is 0. The van der Waals surface area contributed by atoms with E-state index in [1.807, 2.05) is 6.92 Å². The predicted octanol–water partition coefficient (Wildman–Crippen LogP) is -0.153. The molecule has 0 aromatic rings. The van der Waals surface area contributed by atoms with E-state index in [0.29, 0.717) is 0 Å². The molecule has 0 amide bonds. The first-order valence-corrected chi connectivity index (χ1v) is 3.65. The van der Waals surface area contributed by atoms with Crippen LogP contribution < -0.4 is 0 Å². The maximum absolute atomic E-state index is 10.5. The van der Waals surface area contributed by atoms with Crippen LogP contribution in [0, 0.1) is 0 Å². The molecule has 0 N–H and O–H groups in total. The van der Waals surface area contributed by atoms with Gasteiger partial charge in [-0.1, -0.05) is 13.5 Å². The molecule has 0 heterocycles. The summed E-state index contributed by atoms with van der Waals surface area (Å²) in [5.74, 6) is -0.174. The molecule has 0 rings (SSSR count). The molecule has 0 saturated carbocycles. The van der Waals surface area contributed by atoms with Gasteiger partial charge in [0.05, 0.1) is 6.26 Å². The molecular formula is C5H10O2Si. The minimum atomic E-state index is -0.174. The summed E-state index contributed by atoms with van der Waals surface area (Å²) in [5.41, 5.74) is 0.0769. The molecule has 0 aliphatic rings. The van der Waals surface area contributed by atoms with Crippen molar-refractivity contribution in [3.05, 3.63) is 12.8 Å². The third-order valence-electron chi connectivity index (χ3n) is 0.671. The van der Waals surface area contributed by atoms with E-state index in [1.165, 1.54) is 0 Å². The van der Waals surface area contributed by atoms with Crippen molar-refractivity contribution >= 4 is 16.2 Å². The van der Waals surface area contributed by atoms with Crippen LogP contribution in [-0.2, 0) is 9.53 Å². The lowest BCUT2D eigenvalue weighted by molar-refractivity contribution is -0.137. The van der Waals surface area contributed by atoms with Gasteiger partial charge in [-0.3, -0.25) is 4.79 Å². The Morgan fingerprint density at radius 2 is 2.50 bits per heavy atom. The second-order valence-corrected chi connectivity index (χ2v) is 3.49. The third kappa shape index (κ3) is 2.57. The first-order chi connectivity index (χ1) is 3.68. The Kier molecular flexibility index (Phi) is 3.19. The summed E-state index contributed by atoms with van der Waals surface area (Å²) < 4.78 is 4.46. The summed E-state index contributed by atoms with van der Waals surface area (Å²) in [4.78, 5) is 10.5. The van der Waals surface area contributed by atoms with Crippen molar-refractivity contribution in [1.82, 2.24) is 0 Å². The smallest absolute Gasteiger partial charge is 0.309 e. The summed E-state index contributed by atoms with van der Waals surface area (Å²) in [6.07, 6.45) is 1.16. The molecule has 0 saturated heterocycles. The summed E-state index contributed by atoms with van der Waals surface area (Å²) in [7, 11) is 0.845. The fourth-order valence-corrected chi connectivity index (χ4v) is 0.354. The summed E-state index contributed by atoms with van der Waals surface area (Å²) in [5, 5.41) is 0. The predicted molar refractivity (Wildman–Crippen MR) is 35.7 cm³/mol. The maximum atomic E-state index is 10.5. The molecule has 0 aliphatic carbocycles. The van der Waals surface area contributed by atoms with Crippen molar-refractivity contribution in [3.8, 4) is 0 Å². The SMILES string of the molecule is C=COC(=O)C(C)[SiH3]. The summed E-state index contributed by atoms with van der Waals surface area (Å²) >= 11 is 0. The lowest BCUT2D eigenvalue weighted by Gasteiger charge is -1.98. The summed E-state index contributed by atoms with van der Waals surface area (Å²) in [6, 6.07) is 0. The van der Waals surface area contributed by atoms with Crippen LogP contribution in [0.15, 0.2) is 12.8 Å². The first kappa shape index (κ1) is 7.43. The Balaban J connectivity index is 3.48. The van der Waals surface area contributed by atoms with E-state index in [4.69, 9.17) is 0 Å². The lowest BCUT2D eigenvalue weighted by Crippen LogP contribution is -2.05. The van der Waals surface area contributed by atoms with E-state index in [-0.39, 0.29) is 11.5 Å². The van der Waals surface area contributed by atoms with Crippen LogP contribution in [0.3, 0.4) is 0 Å². The number of carbonyl (C=O) groups is 1. The molecule has 0 aromatic heterocycles. The van der Waals surface area contributed by atoms with Gasteiger partial charge in [0.2, 0.25) is 0 Å². The lowest BCUT2D eigenvalue weighted by atomic mass is 10.5. The quantitative estimate of drug-likeness (QED) is 0.295. The van der Waals surface area contributed by atoms with Crippen molar-refractivity contribution in [3.63, 3.8) is 0 Å². The number of esters is 1. The highest BCUT2D eigenvalue weighted by Crippen LogP contribution is 1.97. The second kappa shape index (κ2) is 3.43. The maximum Gasteiger partial charge on any atom is 0.309 e. The highest BCUT2D eigenvalue weighted by molar-refractivity contribution is 6.22. The van der Waals surface area contributed by atoms with Gasteiger partial charge in [0, 0.05) is 15.8 Å². The number of ether oxygens (including phenoxy) is 1. The van der Waals surface area contributed by atoms with Gasteiger partial charge < -0.3 is 4.74 Å². The molecule has 0 aliphatic heterocycles. The number of carbonyl (C=O) groups excluding carboxylic acids is 1. The fourth-order valence-electron chi connectivity index (χ4n) is 0.218.